The van der Waals surface area contributed by atoms with Crippen LogP contribution in [0.2, 0.25) is 5.02 Å². The number of hydrogen-bond acceptors (Lipinski definition) is 4. The molecular formula is C19H28ClIN6O. The Morgan fingerprint density at radius 1 is 1.36 bits per heavy atom. The summed E-state index contributed by atoms with van der Waals surface area (Å²) in [6.45, 7) is 4.73. The van der Waals surface area contributed by atoms with Gasteiger partial charge < -0.3 is 19.5 Å². The number of aromatic nitrogens is 3. The summed E-state index contributed by atoms with van der Waals surface area (Å²) in [4.78, 5) is 6.87. The lowest BCUT2D eigenvalue weighted by Crippen LogP contribution is -2.42. The summed E-state index contributed by atoms with van der Waals surface area (Å²) in [7, 11) is 3.98. The molecule has 0 saturated carbocycles. The van der Waals surface area contributed by atoms with Crippen LogP contribution in [-0.2, 0) is 24.9 Å². The lowest BCUT2D eigenvalue weighted by Gasteiger charge is -2.24. The van der Waals surface area contributed by atoms with E-state index in [1.54, 1.807) is 0 Å². The number of aryl methyl sites for hydroxylation is 1. The average molecular weight is 519 g/mol. The predicted molar refractivity (Wildman–Crippen MR) is 122 cm³/mol. The zero-order chi connectivity index (χ0) is 19.2. The molecule has 9 heteroatoms. The summed E-state index contributed by atoms with van der Waals surface area (Å²) >= 11 is 5.99. The van der Waals surface area contributed by atoms with Crippen LogP contribution < -0.4 is 5.32 Å². The number of rotatable bonds is 6. The van der Waals surface area contributed by atoms with Crippen LogP contribution in [0.5, 0.6) is 0 Å². The van der Waals surface area contributed by atoms with Gasteiger partial charge in [-0.3, -0.25) is 0 Å². The van der Waals surface area contributed by atoms with Crippen LogP contribution in [0.3, 0.4) is 0 Å². The Morgan fingerprint density at radius 2 is 2.11 bits per heavy atom. The van der Waals surface area contributed by atoms with Crippen molar-refractivity contribution in [3.63, 3.8) is 0 Å². The topological polar surface area (TPSA) is 67.6 Å². The molecule has 1 unspecified atom stereocenters. The van der Waals surface area contributed by atoms with Gasteiger partial charge in [0, 0.05) is 38.8 Å². The smallest absolute Gasteiger partial charge is 0.194 e. The van der Waals surface area contributed by atoms with E-state index in [-0.39, 0.29) is 30.1 Å². The third-order valence-corrected chi connectivity index (χ3v) is 5.01. The molecule has 28 heavy (non-hydrogen) atoms. The van der Waals surface area contributed by atoms with E-state index in [2.05, 4.69) is 20.4 Å². The van der Waals surface area contributed by atoms with Crippen molar-refractivity contribution < 1.29 is 4.74 Å². The van der Waals surface area contributed by atoms with E-state index in [4.69, 9.17) is 21.3 Å². The van der Waals surface area contributed by atoms with E-state index >= 15 is 0 Å². The molecule has 1 aromatic carbocycles. The molecule has 7 nitrogen and oxygen atoms in total. The number of benzene rings is 1. The lowest BCUT2D eigenvalue weighted by molar-refractivity contribution is 0.113. The van der Waals surface area contributed by atoms with Crippen LogP contribution in [0.4, 0.5) is 0 Å². The maximum atomic E-state index is 5.99. The first kappa shape index (κ1) is 22.9. The van der Waals surface area contributed by atoms with Crippen LogP contribution in [0, 0.1) is 6.92 Å². The number of halogens is 2. The third kappa shape index (κ3) is 6.31. The van der Waals surface area contributed by atoms with Crippen LogP contribution in [0.1, 0.15) is 30.1 Å². The van der Waals surface area contributed by atoms with E-state index in [9.17, 15) is 0 Å². The highest BCUT2D eigenvalue weighted by Gasteiger charge is 2.17. The molecule has 1 aliphatic heterocycles. The minimum absolute atomic E-state index is 0. The molecular weight excluding hydrogens is 491 g/mol. The molecule has 3 rings (SSSR count). The molecule has 0 bridgehead atoms. The van der Waals surface area contributed by atoms with Crippen LogP contribution in [0.15, 0.2) is 29.3 Å². The van der Waals surface area contributed by atoms with E-state index in [0.29, 0.717) is 6.54 Å². The molecule has 0 aliphatic carbocycles. The first-order chi connectivity index (χ1) is 13.0. The fourth-order valence-corrected chi connectivity index (χ4v) is 3.12. The highest BCUT2D eigenvalue weighted by molar-refractivity contribution is 14.0. The monoisotopic (exact) mass is 518 g/mol. The standard InChI is InChI=1S/C19H27ClN6O.HI/c1-14-23-24-18(26(14)3)12-22-19(21-11-17-5-4-10-27-17)25(2)13-15-6-8-16(20)9-7-15;/h6-9,17H,4-5,10-13H2,1-3H3,(H,21,22);1H. The fraction of sp³-hybridized carbons (Fsp3) is 0.526. The van der Waals surface area contributed by atoms with Crippen LogP contribution >= 0.6 is 35.6 Å². The number of guanidine groups is 1. The first-order valence-corrected chi connectivity index (χ1v) is 9.61. The van der Waals surface area contributed by atoms with E-state index in [0.717, 1.165) is 55.2 Å². The summed E-state index contributed by atoms with van der Waals surface area (Å²) in [5, 5.41) is 12.5. The minimum Gasteiger partial charge on any atom is -0.376 e. The highest BCUT2D eigenvalue weighted by Crippen LogP contribution is 2.13. The van der Waals surface area contributed by atoms with Gasteiger partial charge in [-0.15, -0.1) is 34.2 Å². The quantitative estimate of drug-likeness (QED) is 0.362. The third-order valence-electron chi connectivity index (χ3n) is 4.76. The Labute approximate surface area is 188 Å². The number of aliphatic imine (C=N–C) groups is 1. The van der Waals surface area contributed by atoms with Crippen molar-refractivity contribution in [3.8, 4) is 0 Å². The lowest BCUT2D eigenvalue weighted by atomic mass is 10.2. The summed E-state index contributed by atoms with van der Waals surface area (Å²) < 4.78 is 7.68. The number of nitrogens with one attached hydrogen (secondary N) is 1. The number of nitrogens with zero attached hydrogens (tertiary/aromatic N) is 5. The summed E-state index contributed by atoms with van der Waals surface area (Å²) in [6.07, 6.45) is 2.46. The van der Waals surface area contributed by atoms with Gasteiger partial charge in [0.1, 0.15) is 12.4 Å². The molecule has 1 N–H and O–H groups in total. The van der Waals surface area contributed by atoms with E-state index in [1.807, 2.05) is 49.9 Å². The predicted octanol–water partition coefficient (Wildman–Crippen LogP) is 3.15. The second-order valence-corrected chi connectivity index (χ2v) is 7.30. The second-order valence-electron chi connectivity index (χ2n) is 6.86. The van der Waals surface area contributed by atoms with Gasteiger partial charge in [-0.1, -0.05) is 23.7 Å². The molecule has 2 aromatic rings. The molecule has 2 heterocycles. The molecule has 1 fully saturated rings. The van der Waals surface area contributed by atoms with Gasteiger partial charge in [-0.2, -0.15) is 0 Å². The average Bonchev–Trinajstić information content (AvgIpc) is 3.28. The maximum Gasteiger partial charge on any atom is 0.194 e. The molecule has 1 saturated heterocycles. The molecule has 0 amide bonds. The molecule has 0 spiro atoms. The summed E-state index contributed by atoms with van der Waals surface area (Å²) in [5.41, 5.74) is 1.17. The zero-order valence-corrected chi connectivity index (χ0v) is 19.6. The molecule has 0 radical (unpaired) electrons. The van der Waals surface area contributed by atoms with Gasteiger partial charge in [0.2, 0.25) is 0 Å². The maximum absolute atomic E-state index is 5.99. The van der Waals surface area contributed by atoms with Crippen molar-refractivity contribution in [1.29, 1.82) is 0 Å². The fourth-order valence-electron chi connectivity index (χ4n) is 2.99. The Morgan fingerprint density at radius 3 is 2.71 bits per heavy atom. The summed E-state index contributed by atoms with van der Waals surface area (Å²) in [5.74, 6) is 2.54. The molecule has 1 atom stereocenters. The summed E-state index contributed by atoms with van der Waals surface area (Å²) in [6, 6.07) is 7.87. The normalized spacial score (nSPS) is 16.7. The van der Waals surface area contributed by atoms with Gasteiger partial charge in [-0.05, 0) is 37.5 Å². The van der Waals surface area contributed by atoms with Gasteiger partial charge >= 0.3 is 0 Å². The van der Waals surface area contributed by atoms with Crippen molar-refractivity contribution in [2.45, 2.75) is 39.0 Å². The van der Waals surface area contributed by atoms with Gasteiger partial charge in [0.05, 0.1) is 6.10 Å². The second kappa shape index (κ2) is 11.0. The van der Waals surface area contributed by atoms with Crippen LogP contribution in [0.25, 0.3) is 0 Å². The Hall–Kier alpha value is -1.39. The molecule has 154 valence electrons. The molecule has 1 aliphatic rings. The zero-order valence-electron chi connectivity index (χ0n) is 16.6. The van der Waals surface area contributed by atoms with Gasteiger partial charge in [-0.25, -0.2) is 4.99 Å². The SMILES string of the molecule is Cc1nnc(CN=C(NCC2CCCO2)N(C)Cc2ccc(Cl)cc2)n1C.I. The Bertz CT molecular complexity index is 773. The highest BCUT2D eigenvalue weighted by atomic mass is 127. The van der Waals surface area contributed by atoms with Crippen molar-refractivity contribution in [2.75, 3.05) is 20.2 Å². The largest absolute Gasteiger partial charge is 0.376 e. The van der Waals surface area contributed by atoms with Gasteiger partial charge in [0.15, 0.2) is 11.8 Å². The Balaban J connectivity index is 0.00000280. The van der Waals surface area contributed by atoms with Crippen molar-refractivity contribution in [2.24, 2.45) is 12.0 Å². The van der Waals surface area contributed by atoms with Crippen LogP contribution in [-0.4, -0.2) is 51.9 Å². The Kier molecular flexibility index (Phi) is 8.97. The first-order valence-electron chi connectivity index (χ1n) is 9.23. The minimum atomic E-state index is 0. The van der Waals surface area contributed by atoms with Crippen molar-refractivity contribution in [1.82, 2.24) is 25.0 Å². The van der Waals surface area contributed by atoms with E-state index < -0.39 is 0 Å². The van der Waals surface area contributed by atoms with E-state index in [1.165, 1.54) is 5.56 Å². The van der Waals surface area contributed by atoms with Crippen molar-refractivity contribution >= 4 is 41.5 Å². The number of ether oxygens (including phenoxy) is 1. The van der Waals surface area contributed by atoms with Crippen molar-refractivity contribution in [3.05, 3.63) is 46.5 Å². The molecule has 1 aromatic heterocycles. The van der Waals surface area contributed by atoms with Gasteiger partial charge in [0.25, 0.3) is 0 Å². The number of hydrogen-bond donors (Lipinski definition) is 1.